The van der Waals surface area contributed by atoms with E-state index in [4.69, 9.17) is 19.0 Å². The number of rotatable bonds is 17. The molecule has 46 heavy (non-hydrogen) atoms. The molecule has 0 spiro atoms. The quantitative estimate of drug-likeness (QED) is 0.135. The van der Waals surface area contributed by atoms with E-state index >= 15 is 0 Å². The maximum absolute atomic E-state index is 14.6. The van der Waals surface area contributed by atoms with Crippen LogP contribution in [0.3, 0.4) is 0 Å². The van der Waals surface area contributed by atoms with Crippen molar-refractivity contribution < 1.29 is 33.4 Å². The fourth-order valence-corrected chi connectivity index (χ4v) is 5.80. The van der Waals surface area contributed by atoms with Gasteiger partial charge in [0.25, 0.3) is 0 Å². The monoisotopic (exact) mass is 656 g/mol. The first kappa shape index (κ1) is 36.8. The highest BCUT2D eigenvalue weighted by atomic mass is 32.1. The molecule has 2 aromatic carbocycles. The van der Waals surface area contributed by atoms with E-state index in [1.165, 1.54) is 0 Å². The molecule has 0 radical (unpaired) electrons. The van der Waals surface area contributed by atoms with Gasteiger partial charge < -0.3 is 29.7 Å². The second-order valence-electron chi connectivity index (χ2n) is 11.7. The third kappa shape index (κ3) is 11.3. The first-order valence-corrected chi connectivity index (χ1v) is 16.5. The number of hydroxylamine groups is 1. The summed E-state index contributed by atoms with van der Waals surface area (Å²) in [7, 11) is 0. The van der Waals surface area contributed by atoms with Crippen LogP contribution in [0.4, 0.5) is 4.79 Å². The van der Waals surface area contributed by atoms with Crippen molar-refractivity contribution in [3.63, 3.8) is 0 Å². The number of amides is 4. The second-order valence-corrected chi connectivity index (χ2v) is 12.6. The van der Waals surface area contributed by atoms with Crippen LogP contribution in [0.1, 0.15) is 59.6 Å². The Balaban J connectivity index is 1.94. The molecular weight excluding hydrogens is 608 g/mol. The predicted molar refractivity (Wildman–Crippen MR) is 179 cm³/mol. The topological polar surface area (TPSA) is 127 Å². The van der Waals surface area contributed by atoms with Crippen molar-refractivity contribution in [2.45, 2.75) is 85.4 Å². The van der Waals surface area contributed by atoms with E-state index in [1.807, 2.05) is 90.1 Å². The molecule has 0 aliphatic rings. The second kappa shape index (κ2) is 17.8. The molecule has 2 unspecified atom stereocenters. The molecule has 4 amide bonds. The van der Waals surface area contributed by atoms with E-state index in [2.05, 4.69) is 21.5 Å². The minimum atomic E-state index is -0.966. The molecule has 252 valence electrons. The van der Waals surface area contributed by atoms with Crippen LogP contribution in [0.2, 0.25) is 0 Å². The van der Waals surface area contributed by atoms with Gasteiger partial charge in [0.1, 0.15) is 17.4 Å². The number of carbonyl (C=O) groups is 3. The lowest BCUT2D eigenvalue weighted by molar-refractivity contribution is -0.179. The average Bonchev–Trinajstić information content (AvgIpc) is 3.42. The van der Waals surface area contributed by atoms with Crippen molar-refractivity contribution >= 4 is 39.3 Å². The zero-order valence-electron chi connectivity index (χ0n) is 27.9. The largest absolute Gasteiger partial charge is 0.488 e. The minimum absolute atomic E-state index is 0.200. The summed E-state index contributed by atoms with van der Waals surface area (Å²) in [5.41, 5.74) is 3.61. The molecule has 0 aliphatic heterocycles. The van der Waals surface area contributed by atoms with Gasteiger partial charge in [-0.2, -0.15) is 0 Å². The maximum Gasteiger partial charge on any atom is 0.338 e. The number of fused-ring (bicyclic) bond motifs is 1. The van der Waals surface area contributed by atoms with Crippen LogP contribution in [0.25, 0.3) is 10.1 Å². The normalized spacial score (nSPS) is 12.9. The number of ether oxygens (including phenoxy) is 3. The van der Waals surface area contributed by atoms with Gasteiger partial charge in [-0.15, -0.1) is 11.3 Å². The molecule has 1 heterocycles. The molecule has 3 rings (SSSR count). The number of urea groups is 1. The summed E-state index contributed by atoms with van der Waals surface area (Å²) in [6.07, 6.45) is -0.482. The fourth-order valence-electron chi connectivity index (χ4n) is 4.85. The van der Waals surface area contributed by atoms with E-state index in [-0.39, 0.29) is 24.5 Å². The van der Waals surface area contributed by atoms with Crippen molar-refractivity contribution in [3.8, 4) is 5.75 Å². The van der Waals surface area contributed by atoms with E-state index < -0.39 is 36.9 Å². The number of thiophene rings is 1. The lowest BCUT2D eigenvalue weighted by atomic mass is 10.0. The van der Waals surface area contributed by atoms with Crippen LogP contribution in [-0.2, 0) is 36.9 Å². The van der Waals surface area contributed by atoms with Crippen molar-refractivity contribution in [1.82, 2.24) is 21.0 Å². The Bertz CT molecular complexity index is 1400. The highest BCUT2D eigenvalue weighted by Crippen LogP contribution is 2.28. The van der Waals surface area contributed by atoms with Gasteiger partial charge in [-0.05, 0) is 88.6 Å². The Labute approximate surface area is 275 Å². The molecule has 12 heteroatoms. The van der Waals surface area contributed by atoms with Gasteiger partial charge in [-0.3, -0.25) is 14.4 Å². The summed E-state index contributed by atoms with van der Waals surface area (Å²) >= 11 is 1.61. The third-order valence-electron chi connectivity index (χ3n) is 6.86. The Morgan fingerprint density at radius 1 is 0.957 bits per heavy atom. The van der Waals surface area contributed by atoms with Gasteiger partial charge in [0, 0.05) is 37.4 Å². The summed E-state index contributed by atoms with van der Waals surface area (Å²) < 4.78 is 18.9. The lowest BCUT2D eigenvalue weighted by Gasteiger charge is -2.36. The molecule has 3 N–H and O–H groups in total. The smallest absolute Gasteiger partial charge is 0.338 e. The van der Waals surface area contributed by atoms with Gasteiger partial charge in [0.15, 0.2) is 12.9 Å². The molecule has 0 saturated carbocycles. The van der Waals surface area contributed by atoms with E-state index in [0.717, 1.165) is 21.2 Å². The van der Waals surface area contributed by atoms with Gasteiger partial charge >= 0.3 is 6.03 Å². The van der Waals surface area contributed by atoms with Crippen molar-refractivity contribution in [3.05, 3.63) is 65.0 Å². The maximum atomic E-state index is 14.6. The molecule has 0 bridgehead atoms. The summed E-state index contributed by atoms with van der Waals surface area (Å²) in [4.78, 5) is 46.2. The Morgan fingerprint density at radius 2 is 1.63 bits per heavy atom. The van der Waals surface area contributed by atoms with Crippen LogP contribution in [0, 0.1) is 0 Å². The first-order valence-electron chi connectivity index (χ1n) is 15.7. The molecule has 11 nitrogen and oxygen atoms in total. The summed E-state index contributed by atoms with van der Waals surface area (Å²) in [5.74, 6) is -0.182. The van der Waals surface area contributed by atoms with Crippen LogP contribution < -0.4 is 20.9 Å². The van der Waals surface area contributed by atoms with E-state index in [1.54, 1.807) is 23.2 Å². The third-order valence-corrected chi connectivity index (χ3v) is 7.87. The number of hydrogen-bond acceptors (Lipinski definition) is 8. The molecule has 3 aromatic rings. The van der Waals surface area contributed by atoms with Crippen LogP contribution in [-0.4, -0.2) is 73.1 Å². The number of hydrogen-bond donors (Lipinski definition) is 3. The van der Waals surface area contributed by atoms with Gasteiger partial charge in [0.2, 0.25) is 11.8 Å². The predicted octanol–water partition coefficient (Wildman–Crippen LogP) is 5.17. The van der Waals surface area contributed by atoms with E-state index in [0.29, 0.717) is 25.5 Å². The highest BCUT2D eigenvalue weighted by molar-refractivity contribution is 7.17. The van der Waals surface area contributed by atoms with Gasteiger partial charge in [-0.1, -0.05) is 30.3 Å². The van der Waals surface area contributed by atoms with Crippen molar-refractivity contribution in [2.75, 3.05) is 26.4 Å². The minimum Gasteiger partial charge on any atom is -0.488 e. The van der Waals surface area contributed by atoms with Gasteiger partial charge in [-0.25, -0.2) is 10.3 Å². The molecule has 0 aliphatic carbocycles. The highest BCUT2D eigenvalue weighted by Gasteiger charge is 2.34. The number of carbonyl (C=O) groups excluding carboxylic acids is 3. The zero-order valence-corrected chi connectivity index (χ0v) is 28.7. The molecule has 0 saturated heterocycles. The average molecular weight is 657 g/mol. The molecule has 0 fully saturated rings. The Kier molecular flexibility index (Phi) is 14.3. The Hall–Kier alpha value is -3.71. The standard InChI is InChI=1S/C34H48N4O7S/c1-8-35-33(41)37-44-21-30(39)36-28(19-24-15-17-26(18-16-24)45-34(5,6)7)31(40)38(23(4)32(42-9-2)43-10-3)20-25-22-46-29-14-12-11-13-27(25)29/h11-18,22-23,28,32H,8-10,19-21H2,1-7H3,(H,36,39)(H2,35,37,41). The summed E-state index contributed by atoms with van der Waals surface area (Å²) in [5, 5.41) is 8.47. The first-order chi connectivity index (χ1) is 21.9. The zero-order chi connectivity index (χ0) is 33.7. The summed E-state index contributed by atoms with van der Waals surface area (Å²) in [6.45, 7) is 14.3. The van der Waals surface area contributed by atoms with Crippen molar-refractivity contribution in [1.29, 1.82) is 0 Å². The molecular formula is C34H48N4O7S. The summed E-state index contributed by atoms with van der Waals surface area (Å²) in [6, 6.07) is 13.5. The number of nitrogens with zero attached hydrogens (tertiary/aromatic N) is 1. The van der Waals surface area contributed by atoms with Crippen LogP contribution in [0.5, 0.6) is 5.75 Å². The fraction of sp³-hybridized carbons (Fsp3) is 0.500. The Morgan fingerprint density at radius 3 is 2.26 bits per heavy atom. The lowest BCUT2D eigenvalue weighted by Crippen LogP contribution is -2.55. The van der Waals surface area contributed by atoms with Crippen LogP contribution in [0.15, 0.2) is 53.9 Å². The van der Waals surface area contributed by atoms with E-state index in [9.17, 15) is 14.4 Å². The number of benzene rings is 2. The SMILES string of the molecule is CCNC(=O)NOCC(=O)NC(Cc1ccc(OC(C)(C)C)cc1)C(=O)N(Cc1csc2ccccc12)C(C)C(OCC)OCC. The molecule has 1 aromatic heterocycles. The van der Waals surface area contributed by atoms with Crippen LogP contribution >= 0.6 is 11.3 Å². The molecule has 2 atom stereocenters. The number of nitrogens with one attached hydrogen (secondary N) is 3. The van der Waals surface area contributed by atoms with Crippen molar-refractivity contribution in [2.24, 2.45) is 0 Å². The van der Waals surface area contributed by atoms with Gasteiger partial charge in [0.05, 0.1) is 6.04 Å².